The maximum Gasteiger partial charge on any atom is 0.279 e. The normalized spacial score (nSPS) is 11.8. The number of rotatable bonds is 7. The summed E-state index contributed by atoms with van der Waals surface area (Å²) in [5.41, 5.74) is 0.404. The molecule has 2 aromatic rings. The van der Waals surface area contributed by atoms with Gasteiger partial charge in [-0.2, -0.15) is 0 Å². The predicted octanol–water partition coefficient (Wildman–Crippen LogP) is 2.66. The molecule has 4 nitrogen and oxygen atoms in total. The lowest BCUT2D eigenvalue weighted by atomic mass is 10.3. The van der Waals surface area contributed by atoms with Crippen LogP contribution in [-0.4, -0.2) is 32.7 Å². The van der Waals surface area contributed by atoms with Gasteiger partial charge in [-0.3, -0.25) is 4.79 Å². The molecule has 0 bridgehead atoms. The van der Waals surface area contributed by atoms with Gasteiger partial charge >= 0.3 is 0 Å². The van der Waals surface area contributed by atoms with Gasteiger partial charge in [0.15, 0.2) is 18.1 Å². The molecule has 2 rings (SSSR count). The van der Waals surface area contributed by atoms with E-state index in [0.29, 0.717) is 28.9 Å². The van der Waals surface area contributed by atoms with Crippen molar-refractivity contribution in [1.29, 1.82) is 0 Å². The highest BCUT2D eigenvalue weighted by molar-refractivity contribution is 6.39. The number of halogens is 3. The molecule has 1 atom stereocenters. The van der Waals surface area contributed by atoms with Gasteiger partial charge < -0.3 is 15.0 Å². The van der Waals surface area contributed by atoms with Crippen molar-refractivity contribution in [2.45, 2.75) is 0 Å². The first-order valence-electron chi connectivity index (χ1n) is 7.40. The van der Waals surface area contributed by atoms with Crippen LogP contribution in [0.15, 0.2) is 42.5 Å². The Morgan fingerprint density at radius 2 is 1.83 bits per heavy atom. The Kier molecular flexibility index (Phi) is 6.85. The van der Waals surface area contributed by atoms with Gasteiger partial charge in [-0.1, -0.05) is 41.4 Å². The number of quaternary nitrogens is 1. The van der Waals surface area contributed by atoms with Crippen LogP contribution in [-0.2, 0) is 4.79 Å². The highest BCUT2D eigenvalue weighted by Crippen LogP contribution is 2.29. The zero-order valence-corrected chi connectivity index (χ0v) is 14.6. The summed E-state index contributed by atoms with van der Waals surface area (Å²) < 4.78 is 18.8. The first-order valence-corrected chi connectivity index (χ1v) is 8.15. The highest BCUT2D eigenvalue weighted by Gasteiger charge is 2.14. The van der Waals surface area contributed by atoms with Crippen LogP contribution >= 0.6 is 23.2 Å². The van der Waals surface area contributed by atoms with E-state index in [1.807, 2.05) is 7.05 Å². The number of hydrogen-bond acceptors (Lipinski definition) is 2. The lowest BCUT2D eigenvalue weighted by molar-refractivity contribution is -0.871. The number of carbonyl (C=O) groups is 1. The van der Waals surface area contributed by atoms with Gasteiger partial charge in [0.25, 0.3) is 5.91 Å². The molecule has 0 fully saturated rings. The minimum atomic E-state index is -0.402. The summed E-state index contributed by atoms with van der Waals surface area (Å²) >= 11 is 12.0. The molecule has 0 heterocycles. The SMILES string of the molecule is C[NH+](CCOc1ccccc1F)CC(=O)Nc1c(Cl)cccc1Cl. The van der Waals surface area contributed by atoms with E-state index in [1.54, 1.807) is 36.4 Å². The molecule has 2 N–H and O–H groups in total. The molecular weight excluding hydrogens is 354 g/mol. The maximum absolute atomic E-state index is 13.4. The van der Waals surface area contributed by atoms with Crippen LogP contribution in [0.4, 0.5) is 10.1 Å². The van der Waals surface area contributed by atoms with E-state index in [9.17, 15) is 9.18 Å². The molecule has 128 valence electrons. The Labute approximate surface area is 150 Å². The number of amides is 1. The lowest BCUT2D eigenvalue weighted by Gasteiger charge is -2.15. The van der Waals surface area contributed by atoms with E-state index in [2.05, 4.69) is 5.32 Å². The Hall–Kier alpha value is -1.82. The molecule has 0 aliphatic rings. The lowest BCUT2D eigenvalue weighted by Crippen LogP contribution is -3.10. The average molecular weight is 372 g/mol. The Balaban J connectivity index is 1.79. The number of likely N-dealkylation sites (N-methyl/N-ethyl adjacent to an activating group) is 1. The van der Waals surface area contributed by atoms with Gasteiger partial charge in [0, 0.05) is 0 Å². The van der Waals surface area contributed by atoms with Crippen LogP contribution in [0, 0.1) is 5.82 Å². The summed E-state index contributed by atoms with van der Waals surface area (Å²) in [6, 6.07) is 11.2. The van der Waals surface area contributed by atoms with Gasteiger partial charge in [-0.15, -0.1) is 0 Å². The number of anilines is 1. The van der Waals surface area contributed by atoms with E-state index in [4.69, 9.17) is 27.9 Å². The van der Waals surface area contributed by atoms with E-state index >= 15 is 0 Å². The molecule has 0 spiro atoms. The largest absolute Gasteiger partial charge is 0.485 e. The van der Waals surface area contributed by atoms with Crippen LogP contribution in [0.2, 0.25) is 10.0 Å². The summed E-state index contributed by atoms with van der Waals surface area (Å²) in [6.45, 7) is 1.05. The molecule has 0 saturated carbocycles. The molecule has 0 aliphatic carbocycles. The second kappa shape index (κ2) is 8.87. The average Bonchev–Trinajstić information content (AvgIpc) is 2.53. The number of carbonyl (C=O) groups excluding carboxylic acids is 1. The van der Waals surface area contributed by atoms with E-state index in [0.717, 1.165) is 4.90 Å². The quantitative estimate of drug-likeness (QED) is 0.785. The minimum absolute atomic E-state index is 0.206. The molecule has 24 heavy (non-hydrogen) atoms. The standard InChI is InChI=1S/C17H17Cl2FN2O2/c1-22(9-10-24-15-8-3-2-7-14(15)20)11-16(23)21-17-12(18)5-4-6-13(17)19/h2-8H,9-11H2,1H3,(H,21,23)/p+1. The number of benzene rings is 2. The number of hydrogen-bond donors (Lipinski definition) is 2. The summed E-state index contributed by atoms with van der Waals surface area (Å²) in [4.78, 5) is 13.0. The van der Waals surface area contributed by atoms with Gasteiger partial charge in [0.05, 0.1) is 22.8 Å². The van der Waals surface area contributed by atoms with Crippen molar-refractivity contribution in [2.24, 2.45) is 0 Å². The third-order valence-electron chi connectivity index (χ3n) is 3.31. The fourth-order valence-electron chi connectivity index (χ4n) is 2.06. The smallest absolute Gasteiger partial charge is 0.279 e. The third-order valence-corrected chi connectivity index (χ3v) is 3.94. The first-order chi connectivity index (χ1) is 11.5. The molecule has 2 aromatic carbocycles. The Morgan fingerprint density at radius 1 is 1.17 bits per heavy atom. The van der Waals surface area contributed by atoms with Crippen LogP contribution in [0.1, 0.15) is 0 Å². The Morgan fingerprint density at radius 3 is 2.50 bits per heavy atom. The molecule has 7 heteroatoms. The summed E-state index contributed by atoms with van der Waals surface area (Å²) in [6.07, 6.45) is 0. The van der Waals surface area contributed by atoms with Crippen molar-refractivity contribution < 1.29 is 18.8 Å². The molecule has 1 amide bonds. The Bertz CT molecular complexity index is 692. The molecule has 0 aromatic heterocycles. The fraction of sp³-hybridized carbons (Fsp3) is 0.235. The van der Waals surface area contributed by atoms with Gasteiger partial charge in [0.2, 0.25) is 0 Å². The number of nitrogens with one attached hydrogen (secondary N) is 2. The maximum atomic E-state index is 13.4. The van der Waals surface area contributed by atoms with Gasteiger partial charge in [-0.25, -0.2) is 4.39 Å². The van der Waals surface area contributed by atoms with Gasteiger partial charge in [-0.05, 0) is 24.3 Å². The van der Waals surface area contributed by atoms with E-state index in [-0.39, 0.29) is 18.2 Å². The molecule has 0 saturated heterocycles. The monoisotopic (exact) mass is 371 g/mol. The molecule has 0 radical (unpaired) electrons. The summed E-state index contributed by atoms with van der Waals surface area (Å²) in [5.74, 6) is -0.410. The zero-order chi connectivity index (χ0) is 17.5. The summed E-state index contributed by atoms with van der Waals surface area (Å²) in [5, 5.41) is 3.47. The van der Waals surface area contributed by atoms with E-state index in [1.165, 1.54) is 6.07 Å². The molecular formula is C17H18Cl2FN2O2+. The van der Waals surface area contributed by atoms with Crippen molar-refractivity contribution in [3.63, 3.8) is 0 Å². The van der Waals surface area contributed by atoms with Crippen molar-refractivity contribution in [2.75, 3.05) is 32.1 Å². The second-order valence-corrected chi connectivity index (χ2v) is 6.12. The van der Waals surface area contributed by atoms with Crippen molar-refractivity contribution in [1.82, 2.24) is 0 Å². The fourth-order valence-corrected chi connectivity index (χ4v) is 2.55. The third kappa shape index (κ3) is 5.37. The van der Waals surface area contributed by atoms with Crippen LogP contribution in [0.25, 0.3) is 0 Å². The number of para-hydroxylation sites is 2. The van der Waals surface area contributed by atoms with Crippen molar-refractivity contribution in [3.05, 3.63) is 58.3 Å². The molecule has 0 aliphatic heterocycles. The second-order valence-electron chi connectivity index (χ2n) is 5.31. The van der Waals surface area contributed by atoms with Gasteiger partial charge in [0.1, 0.15) is 13.2 Å². The van der Waals surface area contributed by atoms with Crippen LogP contribution < -0.4 is 15.0 Å². The van der Waals surface area contributed by atoms with Crippen molar-refractivity contribution >= 4 is 34.8 Å². The number of ether oxygens (including phenoxy) is 1. The summed E-state index contributed by atoms with van der Waals surface area (Å²) in [7, 11) is 1.85. The van der Waals surface area contributed by atoms with E-state index < -0.39 is 5.82 Å². The highest BCUT2D eigenvalue weighted by atomic mass is 35.5. The first kappa shape index (κ1) is 18.5. The van der Waals surface area contributed by atoms with Crippen molar-refractivity contribution in [3.8, 4) is 5.75 Å². The van der Waals surface area contributed by atoms with Crippen LogP contribution in [0.3, 0.4) is 0 Å². The zero-order valence-electron chi connectivity index (χ0n) is 13.1. The topological polar surface area (TPSA) is 42.8 Å². The molecule has 1 unspecified atom stereocenters. The minimum Gasteiger partial charge on any atom is -0.485 e. The van der Waals surface area contributed by atoms with Crippen LogP contribution in [0.5, 0.6) is 5.75 Å². The predicted molar refractivity (Wildman–Crippen MR) is 93.6 cm³/mol.